The van der Waals surface area contributed by atoms with E-state index in [1.54, 1.807) is 12.1 Å². The summed E-state index contributed by atoms with van der Waals surface area (Å²) in [5.74, 6) is 0. The first-order valence-corrected chi connectivity index (χ1v) is 5.07. The highest BCUT2D eigenvalue weighted by Gasteiger charge is 2.04. The number of anilines is 1. The Morgan fingerprint density at radius 3 is 2.59 bits per heavy atom. The summed E-state index contributed by atoms with van der Waals surface area (Å²) in [7, 11) is 0. The van der Waals surface area contributed by atoms with Gasteiger partial charge in [0.05, 0.1) is 5.69 Å². The first-order chi connectivity index (χ1) is 8.20. The number of aromatic nitrogens is 2. The minimum absolute atomic E-state index is 0.217. The van der Waals surface area contributed by atoms with Gasteiger partial charge >= 0.3 is 0 Å². The molecule has 0 aliphatic heterocycles. The third-order valence-electron chi connectivity index (χ3n) is 2.38. The molecule has 1 amide bonds. The number of H-pyrrole nitrogens is 1. The Morgan fingerprint density at radius 1 is 1.29 bits per heavy atom. The summed E-state index contributed by atoms with van der Waals surface area (Å²) in [5, 5.41) is 8.95. The molecule has 2 N–H and O–H groups in total. The van der Waals surface area contributed by atoms with Crippen LogP contribution in [-0.2, 0) is 4.79 Å². The molecule has 0 aliphatic carbocycles. The van der Waals surface area contributed by atoms with Gasteiger partial charge in [0.15, 0.2) is 0 Å². The van der Waals surface area contributed by atoms with Crippen LogP contribution >= 0.6 is 0 Å². The molecule has 0 atom stereocenters. The number of benzene rings is 1. The van der Waals surface area contributed by atoms with Crippen molar-refractivity contribution in [3.8, 4) is 11.3 Å². The standard InChI is InChI=1S/C12H11N3O2/c1-8-6-11(17)14-15-12(8)9-2-4-10(5-3-9)13-7-16/h2-7H,1H3,(H,13,16)(H,14,17). The third-order valence-corrected chi connectivity index (χ3v) is 2.38. The van der Waals surface area contributed by atoms with Gasteiger partial charge in [-0.1, -0.05) is 12.1 Å². The predicted molar refractivity (Wildman–Crippen MR) is 64.7 cm³/mol. The Kier molecular flexibility index (Phi) is 3.00. The molecule has 0 unspecified atom stereocenters. The van der Waals surface area contributed by atoms with E-state index in [9.17, 15) is 9.59 Å². The van der Waals surface area contributed by atoms with E-state index in [0.717, 1.165) is 16.8 Å². The van der Waals surface area contributed by atoms with Crippen molar-refractivity contribution in [2.24, 2.45) is 0 Å². The predicted octanol–water partition coefficient (Wildman–Crippen LogP) is 1.31. The molecular formula is C12H11N3O2. The number of carbonyl (C=O) groups excluding carboxylic acids is 1. The first-order valence-electron chi connectivity index (χ1n) is 5.07. The van der Waals surface area contributed by atoms with Crippen molar-refractivity contribution >= 4 is 12.1 Å². The molecule has 0 aliphatic rings. The van der Waals surface area contributed by atoms with Gasteiger partial charge in [0.25, 0.3) is 5.56 Å². The van der Waals surface area contributed by atoms with Crippen molar-refractivity contribution in [3.63, 3.8) is 0 Å². The quantitative estimate of drug-likeness (QED) is 0.779. The summed E-state index contributed by atoms with van der Waals surface area (Å²) in [6, 6.07) is 8.71. The molecule has 0 saturated heterocycles. The molecule has 0 radical (unpaired) electrons. The van der Waals surface area contributed by atoms with Gasteiger partial charge in [-0.15, -0.1) is 0 Å². The molecule has 0 saturated carbocycles. The number of amides is 1. The lowest BCUT2D eigenvalue weighted by molar-refractivity contribution is -0.105. The van der Waals surface area contributed by atoms with Gasteiger partial charge in [0.1, 0.15) is 0 Å². The maximum atomic E-state index is 11.0. The lowest BCUT2D eigenvalue weighted by atomic mass is 10.1. The van der Waals surface area contributed by atoms with Crippen molar-refractivity contribution in [1.82, 2.24) is 10.2 Å². The van der Waals surface area contributed by atoms with Gasteiger partial charge in [0, 0.05) is 17.3 Å². The number of aromatic amines is 1. The Morgan fingerprint density at radius 2 is 2.00 bits per heavy atom. The molecule has 0 spiro atoms. The first kappa shape index (κ1) is 11.1. The largest absolute Gasteiger partial charge is 0.329 e. The van der Waals surface area contributed by atoms with E-state index in [-0.39, 0.29) is 5.56 Å². The molecule has 0 fully saturated rings. The van der Waals surface area contributed by atoms with Crippen LogP contribution in [0.15, 0.2) is 35.1 Å². The topological polar surface area (TPSA) is 74.8 Å². The van der Waals surface area contributed by atoms with Gasteiger partial charge in [-0.05, 0) is 24.6 Å². The van der Waals surface area contributed by atoms with Crippen molar-refractivity contribution in [2.45, 2.75) is 6.92 Å². The molecule has 1 heterocycles. The summed E-state index contributed by atoms with van der Waals surface area (Å²) in [6.07, 6.45) is 0.624. The average molecular weight is 229 g/mol. The lowest BCUT2D eigenvalue weighted by Crippen LogP contribution is -2.08. The minimum atomic E-state index is -0.217. The fourth-order valence-electron chi connectivity index (χ4n) is 1.58. The van der Waals surface area contributed by atoms with E-state index in [1.165, 1.54) is 6.07 Å². The lowest BCUT2D eigenvalue weighted by Gasteiger charge is -2.04. The highest BCUT2D eigenvalue weighted by molar-refractivity contribution is 5.73. The third kappa shape index (κ3) is 2.39. The van der Waals surface area contributed by atoms with Crippen LogP contribution in [0.3, 0.4) is 0 Å². The summed E-state index contributed by atoms with van der Waals surface area (Å²) < 4.78 is 0. The second-order valence-electron chi connectivity index (χ2n) is 3.60. The number of hydrogen-bond donors (Lipinski definition) is 2. The van der Waals surface area contributed by atoms with E-state index in [0.29, 0.717) is 12.1 Å². The highest BCUT2D eigenvalue weighted by atomic mass is 16.1. The zero-order valence-corrected chi connectivity index (χ0v) is 9.23. The highest BCUT2D eigenvalue weighted by Crippen LogP contribution is 2.20. The number of aryl methyl sites for hydroxylation is 1. The second kappa shape index (κ2) is 4.61. The van der Waals surface area contributed by atoms with Gasteiger partial charge in [-0.25, -0.2) is 5.10 Å². The average Bonchev–Trinajstić information content (AvgIpc) is 2.31. The van der Waals surface area contributed by atoms with E-state index in [2.05, 4.69) is 15.5 Å². The Hall–Kier alpha value is -2.43. The Bertz CT molecular complexity index is 587. The molecule has 17 heavy (non-hydrogen) atoms. The zero-order valence-electron chi connectivity index (χ0n) is 9.23. The number of nitrogens with zero attached hydrogens (tertiary/aromatic N) is 1. The zero-order chi connectivity index (χ0) is 12.3. The van der Waals surface area contributed by atoms with Crippen LogP contribution in [0.1, 0.15) is 5.56 Å². The number of rotatable bonds is 3. The van der Waals surface area contributed by atoms with E-state index in [4.69, 9.17) is 0 Å². The Balaban J connectivity index is 2.39. The van der Waals surface area contributed by atoms with Crippen LogP contribution < -0.4 is 10.9 Å². The summed E-state index contributed by atoms with van der Waals surface area (Å²) in [4.78, 5) is 21.3. The summed E-state index contributed by atoms with van der Waals surface area (Å²) in [6.45, 7) is 1.83. The van der Waals surface area contributed by atoms with Crippen LogP contribution in [0.5, 0.6) is 0 Å². The van der Waals surface area contributed by atoms with Crippen LogP contribution in [0, 0.1) is 6.92 Å². The normalized spacial score (nSPS) is 9.94. The fourth-order valence-corrected chi connectivity index (χ4v) is 1.58. The molecule has 0 bridgehead atoms. The molecule has 2 aromatic rings. The summed E-state index contributed by atoms with van der Waals surface area (Å²) >= 11 is 0. The van der Waals surface area contributed by atoms with E-state index >= 15 is 0 Å². The van der Waals surface area contributed by atoms with E-state index in [1.807, 2.05) is 19.1 Å². The monoisotopic (exact) mass is 229 g/mol. The van der Waals surface area contributed by atoms with Crippen molar-refractivity contribution in [1.29, 1.82) is 0 Å². The van der Waals surface area contributed by atoms with Gasteiger partial charge in [-0.2, -0.15) is 5.10 Å². The maximum absolute atomic E-state index is 11.0. The molecular weight excluding hydrogens is 218 g/mol. The second-order valence-corrected chi connectivity index (χ2v) is 3.60. The SMILES string of the molecule is Cc1cc(=O)[nH]nc1-c1ccc(NC=O)cc1. The van der Waals surface area contributed by atoms with Crippen LogP contribution in [0.25, 0.3) is 11.3 Å². The van der Waals surface area contributed by atoms with Crippen LogP contribution in [0.2, 0.25) is 0 Å². The minimum Gasteiger partial charge on any atom is -0.329 e. The molecule has 5 heteroatoms. The van der Waals surface area contributed by atoms with Crippen molar-refractivity contribution < 1.29 is 4.79 Å². The number of carbonyl (C=O) groups is 1. The van der Waals surface area contributed by atoms with Gasteiger partial charge < -0.3 is 5.32 Å². The van der Waals surface area contributed by atoms with Crippen LogP contribution in [-0.4, -0.2) is 16.6 Å². The molecule has 5 nitrogen and oxygen atoms in total. The van der Waals surface area contributed by atoms with Gasteiger partial charge in [-0.3, -0.25) is 9.59 Å². The van der Waals surface area contributed by atoms with Gasteiger partial charge in [0.2, 0.25) is 6.41 Å². The number of nitrogens with one attached hydrogen (secondary N) is 2. The smallest absolute Gasteiger partial charge is 0.264 e. The summed E-state index contributed by atoms with van der Waals surface area (Å²) in [5.41, 5.74) is 2.92. The Labute approximate surface area is 97.5 Å². The molecule has 86 valence electrons. The van der Waals surface area contributed by atoms with Crippen molar-refractivity contribution in [2.75, 3.05) is 5.32 Å². The molecule has 1 aromatic heterocycles. The van der Waals surface area contributed by atoms with E-state index < -0.39 is 0 Å². The van der Waals surface area contributed by atoms with Crippen LogP contribution in [0.4, 0.5) is 5.69 Å². The molecule has 2 rings (SSSR count). The van der Waals surface area contributed by atoms with Crippen molar-refractivity contribution in [3.05, 3.63) is 46.2 Å². The fraction of sp³-hybridized carbons (Fsp3) is 0.0833. The molecule has 1 aromatic carbocycles. The number of hydrogen-bond acceptors (Lipinski definition) is 3. The maximum Gasteiger partial charge on any atom is 0.264 e.